The molecule has 0 radical (unpaired) electrons. The molecule has 1 aromatic carbocycles. The van der Waals surface area contributed by atoms with Gasteiger partial charge in [-0.05, 0) is 24.6 Å². The molecule has 0 saturated carbocycles. The number of esters is 1. The highest BCUT2D eigenvalue weighted by atomic mass is 16.5. The lowest BCUT2D eigenvalue weighted by Gasteiger charge is -2.23. The molecule has 1 aliphatic rings. The number of carbonyl (C=O) groups excluding carboxylic acids is 1. The molecule has 1 atom stereocenters. The van der Waals surface area contributed by atoms with Crippen molar-refractivity contribution in [2.75, 3.05) is 5.32 Å². The van der Waals surface area contributed by atoms with Gasteiger partial charge in [0.05, 0.1) is 5.69 Å². The van der Waals surface area contributed by atoms with Crippen LogP contribution in [0.4, 0.5) is 5.69 Å². The van der Waals surface area contributed by atoms with Crippen LogP contribution in [0.2, 0.25) is 0 Å². The Morgan fingerprint density at radius 3 is 3.07 bits per heavy atom. The molecule has 0 saturated heterocycles. The fourth-order valence-electron chi connectivity index (χ4n) is 1.39. The molecule has 3 N–H and O–H groups in total. The van der Waals surface area contributed by atoms with Gasteiger partial charge in [-0.25, -0.2) is 4.79 Å². The second kappa shape index (κ2) is 3.31. The Morgan fingerprint density at radius 2 is 2.36 bits per heavy atom. The Bertz CT molecular complexity index is 376. The van der Waals surface area contributed by atoms with Crippen LogP contribution >= 0.6 is 0 Å². The number of hydrogen-bond acceptors (Lipinski definition) is 4. The molecule has 2 rings (SSSR count). The van der Waals surface area contributed by atoms with Gasteiger partial charge in [0.25, 0.3) is 0 Å². The average molecular weight is 192 g/mol. The number of anilines is 1. The van der Waals surface area contributed by atoms with Crippen molar-refractivity contribution in [1.29, 1.82) is 0 Å². The van der Waals surface area contributed by atoms with Gasteiger partial charge in [0, 0.05) is 6.54 Å². The first-order chi connectivity index (χ1) is 6.70. The number of nitrogens with two attached hydrogens (primary N) is 1. The summed E-state index contributed by atoms with van der Waals surface area (Å²) < 4.78 is 5.13. The van der Waals surface area contributed by atoms with E-state index in [4.69, 9.17) is 10.5 Å². The van der Waals surface area contributed by atoms with E-state index in [9.17, 15) is 4.79 Å². The lowest BCUT2D eigenvalue weighted by atomic mass is 10.1. The van der Waals surface area contributed by atoms with E-state index in [-0.39, 0.29) is 12.0 Å². The normalized spacial score (nSPS) is 19.6. The van der Waals surface area contributed by atoms with E-state index in [0.717, 1.165) is 11.3 Å². The smallest absolute Gasteiger partial charge is 0.333 e. The molecule has 74 valence electrons. The molecular weight excluding hydrogens is 180 g/mol. The van der Waals surface area contributed by atoms with Gasteiger partial charge in [-0.3, -0.25) is 0 Å². The summed E-state index contributed by atoms with van der Waals surface area (Å²) in [6.07, 6.45) is 0. The first-order valence-electron chi connectivity index (χ1n) is 4.52. The Morgan fingerprint density at radius 1 is 1.57 bits per heavy atom. The van der Waals surface area contributed by atoms with Gasteiger partial charge in [-0.15, -0.1) is 0 Å². The van der Waals surface area contributed by atoms with E-state index in [1.165, 1.54) is 0 Å². The van der Waals surface area contributed by atoms with Crippen molar-refractivity contribution in [2.24, 2.45) is 5.73 Å². The predicted octanol–water partition coefficient (Wildman–Crippen LogP) is 0.865. The standard InChI is InChI=1S/C10H12N2O2/c1-6-10(13)14-9-4-7(5-11)2-3-8(9)12-6/h2-4,6,12H,5,11H2,1H3. The predicted molar refractivity (Wildman–Crippen MR) is 53.1 cm³/mol. The van der Waals surface area contributed by atoms with Crippen molar-refractivity contribution in [3.8, 4) is 5.75 Å². The number of rotatable bonds is 1. The molecule has 0 aromatic heterocycles. The van der Waals surface area contributed by atoms with Crippen molar-refractivity contribution in [3.05, 3.63) is 23.8 Å². The van der Waals surface area contributed by atoms with Crippen LogP contribution in [0.5, 0.6) is 5.75 Å². The summed E-state index contributed by atoms with van der Waals surface area (Å²) in [5.41, 5.74) is 7.28. The quantitative estimate of drug-likeness (QED) is 0.511. The maximum atomic E-state index is 11.2. The van der Waals surface area contributed by atoms with Crippen LogP contribution in [0.3, 0.4) is 0 Å². The third-order valence-electron chi connectivity index (χ3n) is 2.22. The zero-order chi connectivity index (χ0) is 10.1. The van der Waals surface area contributed by atoms with E-state index >= 15 is 0 Å². The highest BCUT2D eigenvalue weighted by Crippen LogP contribution is 2.30. The summed E-state index contributed by atoms with van der Waals surface area (Å²) in [6.45, 7) is 2.21. The monoisotopic (exact) mass is 192 g/mol. The second-order valence-corrected chi connectivity index (χ2v) is 3.32. The van der Waals surface area contributed by atoms with Gasteiger partial charge in [0.2, 0.25) is 0 Å². The molecule has 0 aliphatic carbocycles. The first-order valence-corrected chi connectivity index (χ1v) is 4.52. The minimum atomic E-state index is -0.286. The van der Waals surface area contributed by atoms with E-state index in [0.29, 0.717) is 12.3 Å². The number of nitrogens with one attached hydrogen (secondary N) is 1. The molecule has 4 heteroatoms. The minimum Gasteiger partial charge on any atom is -0.423 e. The molecule has 1 aromatic rings. The lowest BCUT2D eigenvalue weighted by Crippen LogP contribution is -2.34. The number of hydrogen-bond donors (Lipinski definition) is 2. The fraction of sp³-hybridized carbons (Fsp3) is 0.300. The van der Waals surface area contributed by atoms with Crippen molar-refractivity contribution in [3.63, 3.8) is 0 Å². The summed E-state index contributed by atoms with van der Waals surface area (Å²) in [6, 6.07) is 5.29. The van der Waals surface area contributed by atoms with Gasteiger partial charge >= 0.3 is 5.97 Å². The van der Waals surface area contributed by atoms with Gasteiger partial charge < -0.3 is 15.8 Å². The van der Waals surface area contributed by atoms with Gasteiger partial charge in [-0.2, -0.15) is 0 Å². The Balaban J connectivity index is 2.37. The number of benzene rings is 1. The van der Waals surface area contributed by atoms with Gasteiger partial charge in [0.1, 0.15) is 6.04 Å². The SMILES string of the molecule is CC1Nc2ccc(CN)cc2OC1=O. The molecule has 0 spiro atoms. The Hall–Kier alpha value is -1.55. The van der Waals surface area contributed by atoms with E-state index < -0.39 is 0 Å². The highest BCUT2D eigenvalue weighted by molar-refractivity contribution is 5.86. The van der Waals surface area contributed by atoms with Crippen LogP contribution in [0.25, 0.3) is 0 Å². The summed E-state index contributed by atoms with van der Waals surface area (Å²) in [5, 5.41) is 3.05. The topological polar surface area (TPSA) is 64.3 Å². The second-order valence-electron chi connectivity index (χ2n) is 3.32. The van der Waals surface area contributed by atoms with Crippen molar-refractivity contribution >= 4 is 11.7 Å². The number of fused-ring (bicyclic) bond motifs is 1. The average Bonchev–Trinajstić information content (AvgIpc) is 2.19. The van der Waals surface area contributed by atoms with Crippen molar-refractivity contribution in [1.82, 2.24) is 0 Å². The highest BCUT2D eigenvalue weighted by Gasteiger charge is 2.23. The molecule has 1 aliphatic heterocycles. The minimum absolute atomic E-state index is 0.258. The van der Waals surface area contributed by atoms with E-state index in [2.05, 4.69) is 5.32 Å². The molecular formula is C10H12N2O2. The zero-order valence-electron chi connectivity index (χ0n) is 7.91. The summed E-state index contributed by atoms with van der Waals surface area (Å²) in [7, 11) is 0. The zero-order valence-corrected chi connectivity index (χ0v) is 7.91. The molecule has 14 heavy (non-hydrogen) atoms. The molecule has 0 amide bonds. The molecule has 1 heterocycles. The molecule has 4 nitrogen and oxygen atoms in total. The number of carbonyl (C=O) groups is 1. The fourth-order valence-corrected chi connectivity index (χ4v) is 1.39. The van der Waals surface area contributed by atoms with Crippen molar-refractivity contribution < 1.29 is 9.53 Å². The largest absolute Gasteiger partial charge is 0.423 e. The van der Waals surface area contributed by atoms with Crippen LogP contribution in [0.1, 0.15) is 12.5 Å². The van der Waals surface area contributed by atoms with Crippen LogP contribution in [-0.4, -0.2) is 12.0 Å². The first kappa shape index (κ1) is 9.02. The summed E-state index contributed by atoms with van der Waals surface area (Å²) >= 11 is 0. The molecule has 1 unspecified atom stereocenters. The Labute approximate surface area is 82.1 Å². The van der Waals surface area contributed by atoms with Gasteiger partial charge in [-0.1, -0.05) is 6.07 Å². The summed E-state index contributed by atoms with van der Waals surface area (Å²) in [4.78, 5) is 11.2. The maximum Gasteiger partial charge on any atom is 0.333 e. The van der Waals surface area contributed by atoms with Crippen LogP contribution in [0, 0.1) is 0 Å². The lowest BCUT2D eigenvalue weighted by molar-refractivity contribution is -0.135. The summed E-state index contributed by atoms with van der Waals surface area (Å²) in [5.74, 6) is 0.308. The maximum absolute atomic E-state index is 11.2. The third kappa shape index (κ3) is 1.44. The van der Waals surface area contributed by atoms with Gasteiger partial charge in [0.15, 0.2) is 5.75 Å². The van der Waals surface area contributed by atoms with Crippen LogP contribution in [0.15, 0.2) is 18.2 Å². The van der Waals surface area contributed by atoms with Crippen molar-refractivity contribution in [2.45, 2.75) is 19.5 Å². The van der Waals surface area contributed by atoms with E-state index in [1.54, 1.807) is 13.0 Å². The third-order valence-corrected chi connectivity index (χ3v) is 2.22. The molecule has 0 bridgehead atoms. The van der Waals surface area contributed by atoms with E-state index in [1.807, 2.05) is 12.1 Å². The van der Waals surface area contributed by atoms with Crippen LogP contribution < -0.4 is 15.8 Å². The number of ether oxygens (including phenoxy) is 1. The molecule has 0 fully saturated rings. The van der Waals surface area contributed by atoms with Crippen LogP contribution in [-0.2, 0) is 11.3 Å². The Kier molecular flexibility index (Phi) is 2.13.